The molecule has 8 heteroatoms. The van der Waals surface area contributed by atoms with Crippen molar-refractivity contribution in [1.29, 1.82) is 0 Å². The Bertz CT molecular complexity index is 492. The monoisotopic (exact) mass is 469 g/mol. The largest absolute Gasteiger partial charge is 0.386 e. The van der Waals surface area contributed by atoms with E-state index in [1.54, 1.807) is 25.3 Å². The molecule has 3 N–H and O–H groups in total. The van der Waals surface area contributed by atoms with E-state index in [1.165, 1.54) is 6.07 Å². The van der Waals surface area contributed by atoms with Crippen LogP contribution < -0.4 is 10.6 Å². The lowest BCUT2D eigenvalue weighted by Gasteiger charge is -2.13. The fourth-order valence-corrected chi connectivity index (χ4v) is 1.99. The second kappa shape index (κ2) is 15.3. The normalized spacial score (nSPS) is 12.4. The third-order valence-corrected chi connectivity index (χ3v) is 3.22. The molecule has 0 aliphatic rings. The third kappa shape index (κ3) is 10.6. The van der Waals surface area contributed by atoms with Crippen LogP contribution in [0.15, 0.2) is 29.3 Å². The van der Waals surface area contributed by atoms with E-state index in [1.807, 2.05) is 6.92 Å². The summed E-state index contributed by atoms with van der Waals surface area (Å²) in [5.74, 6) is 0.163. The Balaban J connectivity index is 0.00000576. The first kappa shape index (κ1) is 24.0. The molecule has 0 radical (unpaired) electrons. The zero-order valence-corrected chi connectivity index (χ0v) is 17.2. The van der Waals surface area contributed by atoms with Crippen LogP contribution in [0.3, 0.4) is 0 Å². The highest BCUT2D eigenvalue weighted by molar-refractivity contribution is 14.0. The summed E-state index contributed by atoms with van der Waals surface area (Å²) in [6.45, 7) is 5.23. The minimum absolute atomic E-state index is 0. The van der Waals surface area contributed by atoms with Crippen molar-refractivity contribution >= 4 is 29.9 Å². The van der Waals surface area contributed by atoms with Gasteiger partial charge in [-0.2, -0.15) is 0 Å². The number of halogens is 2. The molecule has 0 amide bonds. The summed E-state index contributed by atoms with van der Waals surface area (Å²) in [4.78, 5) is 4.30. The van der Waals surface area contributed by atoms with Gasteiger partial charge in [-0.1, -0.05) is 18.2 Å². The lowest BCUT2D eigenvalue weighted by molar-refractivity contribution is 0.0698. The Labute approximate surface area is 166 Å². The molecular weight excluding hydrogens is 440 g/mol. The summed E-state index contributed by atoms with van der Waals surface area (Å²) in [6, 6.07) is 6.18. The number of nitrogens with zero attached hydrogens (tertiary/aromatic N) is 1. The number of nitrogens with one attached hydrogen (secondary N) is 2. The first-order chi connectivity index (χ1) is 11.7. The van der Waals surface area contributed by atoms with Gasteiger partial charge in [-0.3, -0.25) is 4.99 Å². The first-order valence-corrected chi connectivity index (χ1v) is 8.20. The van der Waals surface area contributed by atoms with Crippen LogP contribution in [0.1, 0.15) is 25.0 Å². The SMILES string of the molecule is CCNC(=NCC(O)c1ccccc1F)NCCCOCCOC.I. The zero-order valence-electron chi connectivity index (χ0n) is 14.8. The maximum absolute atomic E-state index is 13.6. The van der Waals surface area contributed by atoms with Gasteiger partial charge in [0.15, 0.2) is 5.96 Å². The van der Waals surface area contributed by atoms with Crippen molar-refractivity contribution in [2.24, 2.45) is 4.99 Å². The number of ether oxygens (including phenoxy) is 2. The van der Waals surface area contributed by atoms with E-state index in [0.717, 1.165) is 6.42 Å². The Kier molecular flexibility index (Phi) is 14.7. The standard InChI is InChI=1S/C17H28FN3O3.HI/c1-3-19-17(20-9-6-10-24-12-11-23-2)21-13-16(22)14-7-4-5-8-15(14)18;/h4-5,7-8,16,22H,3,6,9-13H2,1-2H3,(H2,19,20,21);1H. The van der Waals surface area contributed by atoms with E-state index < -0.39 is 11.9 Å². The minimum Gasteiger partial charge on any atom is -0.386 e. The lowest BCUT2D eigenvalue weighted by atomic mass is 10.1. The van der Waals surface area contributed by atoms with Crippen LogP contribution in [0, 0.1) is 5.82 Å². The summed E-state index contributed by atoms with van der Waals surface area (Å²) in [5, 5.41) is 16.3. The molecule has 0 saturated heterocycles. The molecule has 0 saturated carbocycles. The van der Waals surface area contributed by atoms with E-state index in [2.05, 4.69) is 15.6 Å². The Hall–Kier alpha value is -0.970. The van der Waals surface area contributed by atoms with Crippen LogP contribution in [0.2, 0.25) is 0 Å². The number of aliphatic hydroxyl groups excluding tert-OH is 1. The predicted molar refractivity (Wildman–Crippen MR) is 108 cm³/mol. The van der Waals surface area contributed by atoms with Crippen molar-refractivity contribution in [3.8, 4) is 0 Å². The van der Waals surface area contributed by atoms with Gasteiger partial charge in [0, 0.05) is 32.4 Å². The molecule has 1 rings (SSSR count). The fourth-order valence-electron chi connectivity index (χ4n) is 1.99. The molecule has 1 unspecified atom stereocenters. The van der Waals surface area contributed by atoms with Gasteiger partial charge < -0.3 is 25.2 Å². The number of benzene rings is 1. The average molecular weight is 469 g/mol. The predicted octanol–water partition coefficient (Wildman–Crippen LogP) is 2.09. The summed E-state index contributed by atoms with van der Waals surface area (Å²) >= 11 is 0. The van der Waals surface area contributed by atoms with Crippen molar-refractivity contribution in [2.45, 2.75) is 19.4 Å². The van der Waals surface area contributed by atoms with E-state index in [-0.39, 0.29) is 36.1 Å². The second-order valence-electron chi connectivity index (χ2n) is 5.14. The van der Waals surface area contributed by atoms with Gasteiger partial charge in [0.05, 0.1) is 19.8 Å². The second-order valence-corrected chi connectivity index (χ2v) is 5.14. The van der Waals surface area contributed by atoms with E-state index in [4.69, 9.17) is 9.47 Å². The molecule has 0 heterocycles. The van der Waals surface area contributed by atoms with Gasteiger partial charge in [-0.05, 0) is 19.4 Å². The highest BCUT2D eigenvalue weighted by Gasteiger charge is 2.11. The van der Waals surface area contributed by atoms with Crippen molar-refractivity contribution < 1.29 is 19.0 Å². The van der Waals surface area contributed by atoms with Gasteiger partial charge >= 0.3 is 0 Å². The van der Waals surface area contributed by atoms with Crippen LogP contribution in [-0.2, 0) is 9.47 Å². The number of guanidine groups is 1. The molecule has 144 valence electrons. The fraction of sp³-hybridized carbons (Fsp3) is 0.588. The summed E-state index contributed by atoms with van der Waals surface area (Å²) in [6.07, 6.45) is -0.150. The van der Waals surface area contributed by atoms with Crippen molar-refractivity contribution in [3.05, 3.63) is 35.6 Å². The van der Waals surface area contributed by atoms with Crippen LogP contribution in [0.4, 0.5) is 4.39 Å². The highest BCUT2D eigenvalue weighted by Crippen LogP contribution is 2.16. The molecule has 1 aromatic rings. The van der Waals surface area contributed by atoms with Crippen LogP contribution in [0.5, 0.6) is 0 Å². The maximum Gasteiger partial charge on any atom is 0.191 e. The van der Waals surface area contributed by atoms with Crippen LogP contribution in [-0.4, -0.2) is 57.6 Å². The first-order valence-electron chi connectivity index (χ1n) is 8.20. The minimum atomic E-state index is -0.973. The highest BCUT2D eigenvalue weighted by atomic mass is 127. The maximum atomic E-state index is 13.6. The Morgan fingerprint density at radius 2 is 2.00 bits per heavy atom. The molecule has 6 nitrogen and oxygen atoms in total. The molecular formula is C17H29FIN3O3. The van der Waals surface area contributed by atoms with Gasteiger partial charge in [0.1, 0.15) is 11.9 Å². The van der Waals surface area contributed by atoms with E-state index in [9.17, 15) is 9.50 Å². The topological polar surface area (TPSA) is 75.1 Å². The quantitative estimate of drug-likeness (QED) is 0.200. The number of aliphatic imine (C=N–C) groups is 1. The van der Waals surface area contributed by atoms with Gasteiger partial charge in [0.2, 0.25) is 0 Å². The number of aliphatic hydroxyl groups is 1. The smallest absolute Gasteiger partial charge is 0.191 e. The van der Waals surface area contributed by atoms with Gasteiger partial charge in [-0.15, -0.1) is 24.0 Å². The van der Waals surface area contributed by atoms with Gasteiger partial charge in [0.25, 0.3) is 0 Å². The van der Waals surface area contributed by atoms with Crippen LogP contribution in [0.25, 0.3) is 0 Å². The number of hydrogen-bond donors (Lipinski definition) is 3. The van der Waals surface area contributed by atoms with Crippen molar-refractivity contribution in [2.75, 3.05) is 46.6 Å². The van der Waals surface area contributed by atoms with Gasteiger partial charge in [-0.25, -0.2) is 4.39 Å². The Morgan fingerprint density at radius 3 is 2.68 bits per heavy atom. The molecule has 0 bridgehead atoms. The lowest BCUT2D eigenvalue weighted by Crippen LogP contribution is -2.38. The summed E-state index contributed by atoms with van der Waals surface area (Å²) < 4.78 is 23.9. The van der Waals surface area contributed by atoms with Crippen molar-refractivity contribution in [3.63, 3.8) is 0 Å². The zero-order chi connectivity index (χ0) is 17.6. The van der Waals surface area contributed by atoms with Crippen molar-refractivity contribution in [1.82, 2.24) is 10.6 Å². The van der Waals surface area contributed by atoms with Crippen LogP contribution >= 0.6 is 24.0 Å². The molecule has 0 aliphatic carbocycles. The van der Waals surface area contributed by atoms with E-state index >= 15 is 0 Å². The molecule has 0 aromatic heterocycles. The molecule has 25 heavy (non-hydrogen) atoms. The third-order valence-electron chi connectivity index (χ3n) is 3.22. The molecule has 1 atom stereocenters. The molecule has 0 spiro atoms. The summed E-state index contributed by atoms with van der Waals surface area (Å²) in [5.41, 5.74) is 0.253. The summed E-state index contributed by atoms with van der Waals surface area (Å²) in [7, 11) is 1.64. The average Bonchev–Trinajstić information content (AvgIpc) is 2.59. The molecule has 0 fully saturated rings. The molecule has 1 aromatic carbocycles. The molecule has 0 aliphatic heterocycles. The number of rotatable bonds is 11. The number of methoxy groups -OCH3 is 1. The number of hydrogen-bond acceptors (Lipinski definition) is 4. The van der Waals surface area contributed by atoms with E-state index in [0.29, 0.717) is 38.9 Å². The Morgan fingerprint density at radius 1 is 1.24 bits per heavy atom.